The van der Waals surface area contributed by atoms with Crippen molar-refractivity contribution >= 4 is 29.0 Å². The number of allylic oxidation sites excluding steroid dienone is 1. The van der Waals surface area contributed by atoms with Gasteiger partial charge in [-0.15, -0.1) is 11.3 Å². The van der Waals surface area contributed by atoms with Crippen molar-refractivity contribution in [1.29, 1.82) is 0 Å². The van der Waals surface area contributed by atoms with Crippen LogP contribution in [0, 0.1) is 0 Å². The van der Waals surface area contributed by atoms with Crippen molar-refractivity contribution in [2.24, 2.45) is 16.5 Å². The summed E-state index contributed by atoms with van der Waals surface area (Å²) in [4.78, 5) is 20.4. The van der Waals surface area contributed by atoms with E-state index in [0.29, 0.717) is 5.56 Å². The maximum absolute atomic E-state index is 11.5. The molecule has 6 heteroatoms. The van der Waals surface area contributed by atoms with E-state index in [1.54, 1.807) is 37.1 Å². The van der Waals surface area contributed by atoms with E-state index in [4.69, 9.17) is 11.5 Å². The smallest absolute Gasteiger partial charge is 0.248 e. The number of nitrogens with zero attached hydrogens (tertiary/aromatic N) is 2. The third kappa shape index (κ3) is 2.92. The van der Waals surface area contributed by atoms with Crippen LogP contribution < -0.4 is 11.5 Å². The molecule has 0 atom stereocenters. The lowest BCUT2D eigenvalue weighted by Crippen LogP contribution is -2.11. The first-order chi connectivity index (χ1) is 9.65. The zero-order valence-electron chi connectivity index (χ0n) is 10.9. The van der Waals surface area contributed by atoms with Crippen LogP contribution in [0.2, 0.25) is 0 Å². The standard InChI is InChI=1S/C14H14N4OS/c1-17-6-12(5-15)9-2-10(13-7-18-8-20-13)4-11(3-9)14(16)19/h2-8H,15H2,1H3,(H2,16,19)/b12-5+,17-6?. The number of benzene rings is 1. The summed E-state index contributed by atoms with van der Waals surface area (Å²) in [5.41, 5.74) is 15.5. The van der Waals surface area contributed by atoms with E-state index < -0.39 is 5.91 Å². The highest BCUT2D eigenvalue weighted by Crippen LogP contribution is 2.27. The minimum Gasteiger partial charge on any atom is -0.404 e. The normalized spacial score (nSPS) is 11.9. The number of aromatic nitrogens is 1. The fourth-order valence-corrected chi connectivity index (χ4v) is 2.40. The molecule has 20 heavy (non-hydrogen) atoms. The van der Waals surface area contributed by atoms with Crippen LogP contribution in [0.15, 0.2) is 41.1 Å². The molecule has 0 radical (unpaired) electrons. The molecule has 0 bridgehead atoms. The van der Waals surface area contributed by atoms with E-state index in [-0.39, 0.29) is 0 Å². The lowest BCUT2D eigenvalue weighted by molar-refractivity contribution is 0.100. The lowest BCUT2D eigenvalue weighted by Gasteiger charge is -2.07. The topological polar surface area (TPSA) is 94.4 Å². The Kier molecular flexibility index (Phi) is 4.27. The number of primary amides is 1. The average molecular weight is 286 g/mol. The van der Waals surface area contributed by atoms with Crippen LogP contribution in [-0.4, -0.2) is 24.2 Å². The van der Waals surface area contributed by atoms with Crippen molar-refractivity contribution in [2.45, 2.75) is 0 Å². The van der Waals surface area contributed by atoms with E-state index in [2.05, 4.69) is 9.98 Å². The lowest BCUT2D eigenvalue weighted by atomic mass is 10.00. The Bertz CT molecular complexity index is 674. The second-order valence-corrected chi connectivity index (χ2v) is 4.92. The van der Waals surface area contributed by atoms with Crippen LogP contribution in [0.1, 0.15) is 15.9 Å². The van der Waals surface area contributed by atoms with Crippen molar-refractivity contribution in [3.63, 3.8) is 0 Å². The van der Waals surface area contributed by atoms with Gasteiger partial charge in [0.15, 0.2) is 0 Å². The Morgan fingerprint density at radius 3 is 2.65 bits per heavy atom. The van der Waals surface area contributed by atoms with E-state index >= 15 is 0 Å². The van der Waals surface area contributed by atoms with Gasteiger partial charge in [-0.3, -0.25) is 14.8 Å². The van der Waals surface area contributed by atoms with Gasteiger partial charge in [-0.05, 0) is 29.3 Å². The van der Waals surface area contributed by atoms with Crippen LogP contribution in [0.3, 0.4) is 0 Å². The molecular weight excluding hydrogens is 272 g/mol. The SMILES string of the molecule is CN=C/C(=C\N)c1cc(C(N)=O)cc(-c2cncs2)c1. The maximum Gasteiger partial charge on any atom is 0.248 e. The van der Waals surface area contributed by atoms with Gasteiger partial charge < -0.3 is 11.5 Å². The Morgan fingerprint density at radius 1 is 1.35 bits per heavy atom. The quantitative estimate of drug-likeness (QED) is 0.840. The Hall–Kier alpha value is -2.47. The summed E-state index contributed by atoms with van der Waals surface area (Å²) in [7, 11) is 1.66. The van der Waals surface area contributed by atoms with Crippen molar-refractivity contribution in [2.75, 3.05) is 7.05 Å². The fourth-order valence-electron chi connectivity index (χ4n) is 1.79. The van der Waals surface area contributed by atoms with Gasteiger partial charge in [-0.1, -0.05) is 0 Å². The molecule has 2 rings (SSSR count). The number of carbonyl (C=O) groups is 1. The first-order valence-electron chi connectivity index (χ1n) is 5.84. The number of aliphatic imine (C=N–C) groups is 1. The first kappa shape index (κ1) is 14.0. The highest BCUT2D eigenvalue weighted by atomic mass is 32.1. The molecule has 0 saturated heterocycles. The van der Waals surface area contributed by atoms with E-state index in [0.717, 1.165) is 21.6 Å². The molecular formula is C14H14N4OS. The minimum atomic E-state index is -0.484. The number of carbonyl (C=O) groups excluding carboxylic acids is 1. The summed E-state index contributed by atoms with van der Waals surface area (Å²) >= 11 is 1.49. The zero-order valence-corrected chi connectivity index (χ0v) is 11.7. The number of nitrogens with two attached hydrogens (primary N) is 2. The number of rotatable bonds is 4. The van der Waals surface area contributed by atoms with E-state index in [1.807, 2.05) is 6.07 Å². The molecule has 4 N–H and O–H groups in total. The number of hydrogen-bond acceptors (Lipinski definition) is 5. The van der Waals surface area contributed by atoms with Gasteiger partial charge in [0.25, 0.3) is 0 Å². The van der Waals surface area contributed by atoms with Crippen molar-refractivity contribution in [3.8, 4) is 10.4 Å². The number of amides is 1. The number of thiazole rings is 1. The second kappa shape index (κ2) is 6.12. The van der Waals surface area contributed by atoms with Crippen LogP contribution in [-0.2, 0) is 0 Å². The number of hydrogen-bond donors (Lipinski definition) is 2. The second-order valence-electron chi connectivity index (χ2n) is 4.04. The van der Waals surface area contributed by atoms with Gasteiger partial charge in [0.2, 0.25) is 5.91 Å². The largest absolute Gasteiger partial charge is 0.404 e. The molecule has 1 aromatic heterocycles. The Balaban J connectivity index is 2.60. The highest BCUT2D eigenvalue weighted by molar-refractivity contribution is 7.13. The minimum absolute atomic E-state index is 0.426. The Labute approximate surface area is 120 Å². The molecule has 1 amide bonds. The van der Waals surface area contributed by atoms with Crippen molar-refractivity contribution in [1.82, 2.24) is 4.98 Å². The predicted octanol–water partition coefficient (Wildman–Crippen LogP) is 1.91. The van der Waals surface area contributed by atoms with Crippen molar-refractivity contribution < 1.29 is 4.79 Å². The predicted molar refractivity (Wildman–Crippen MR) is 82.6 cm³/mol. The van der Waals surface area contributed by atoms with Gasteiger partial charge in [0.1, 0.15) is 0 Å². The summed E-state index contributed by atoms with van der Waals surface area (Å²) in [5, 5.41) is 0. The third-order valence-corrected chi connectivity index (χ3v) is 3.54. The van der Waals surface area contributed by atoms with Crippen LogP contribution in [0.25, 0.3) is 16.0 Å². The van der Waals surface area contributed by atoms with E-state index in [1.165, 1.54) is 17.5 Å². The third-order valence-electron chi connectivity index (χ3n) is 2.72. The van der Waals surface area contributed by atoms with Crippen LogP contribution in [0.4, 0.5) is 0 Å². The highest BCUT2D eigenvalue weighted by Gasteiger charge is 2.10. The summed E-state index contributed by atoms with van der Waals surface area (Å²) in [6.07, 6.45) is 4.83. The molecule has 0 aliphatic rings. The Morgan fingerprint density at radius 2 is 2.10 bits per heavy atom. The summed E-state index contributed by atoms with van der Waals surface area (Å²) in [5.74, 6) is -0.484. The zero-order chi connectivity index (χ0) is 14.5. The average Bonchev–Trinajstić information content (AvgIpc) is 2.98. The summed E-state index contributed by atoms with van der Waals surface area (Å²) in [6.45, 7) is 0. The van der Waals surface area contributed by atoms with Crippen molar-refractivity contribution in [3.05, 3.63) is 47.2 Å². The molecule has 102 valence electrons. The molecule has 0 aliphatic heterocycles. The van der Waals surface area contributed by atoms with Gasteiger partial charge in [-0.25, -0.2) is 0 Å². The van der Waals surface area contributed by atoms with Gasteiger partial charge in [0, 0.05) is 36.8 Å². The molecule has 5 nitrogen and oxygen atoms in total. The first-order valence-corrected chi connectivity index (χ1v) is 6.72. The molecule has 2 aromatic rings. The van der Waals surface area contributed by atoms with Gasteiger partial charge in [0.05, 0.1) is 10.4 Å². The molecule has 0 saturated carbocycles. The molecule has 1 aromatic carbocycles. The van der Waals surface area contributed by atoms with Crippen LogP contribution >= 0.6 is 11.3 Å². The molecule has 0 fully saturated rings. The molecule has 0 aliphatic carbocycles. The monoisotopic (exact) mass is 286 g/mol. The maximum atomic E-state index is 11.5. The molecule has 1 heterocycles. The van der Waals surface area contributed by atoms with Crippen LogP contribution in [0.5, 0.6) is 0 Å². The van der Waals surface area contributed by atoms with Gasteiger partial charge >= 0.3 is 0 Å². The molecule has 0 unspecified atom stereocenters. The summed E-state index contributed by atoms with van der Waals surface area (Å²) in [6, 6.07) is 5.38. The van der Waals surface area contributed by atoms with Gasteiger partial charge in [-0.2, -0.15) is 0 Å². The summed E-state index contributed by atoms with van der Waals surface area (Å²) < 4.78 is 0. The molecule has 0 spiro atoms. The fraction of sp³-hybridized carbons (Fsp3) is 0.0714. The van der Waals surface area contributed by atoms with E-state index in [9.17, 15) is 4.79 Å².